The van der Waals surface area contributed by atoms with Crippen LogP contribution in [0.4, 0.5) is 11.6 Å². The fraction of sp³-hybridized carbons (Fsp3) is 0.583. The summed E-state index contributed by atoms with van der Waals surface area (Å²) in [6.07, 6.45) is 1.51. The summed E-state index contributed by atoms with van der Waals surface area (Å²) in [6, 6.07) is 0. The Morgan fingerprint density at radius 2 is 2.11 bits per heavy atom. The summed E-state index contributed by atoms with van der Waals surface area (Å²) in [7, 11) is 1.82. The van der Waals surface area contributed by atoms with Crippen molar-refractivity contribution in [2.24, 2.45) is 0 Å². The highest BCUT2D eigenvalue weighted by Gasteiger charge is 2.15. The van der Waals surface area contributed by atoms with Crippen molar-refractivity contribution in [3.63, 3.8) is 0 Å². The zero-order valence-corrected chi connectivity index (χ0v) is 11.4. The number of anilines is 2. The van der Waals surface area contributed by atoms with Crippen LogP contribution >= 0.6 is 0 Å². The molecule has 1 aromatic rings. The van der Waals surface area contributed by atoms with Crippen LogP contribution in [0.15, 0.2) is 6.33 Å². The van der Waals surface area contributed by atoms with Gasteiger partial charge in [-0.1, -0.05) is 0 Å². The van der Waals surface area contributed by atoms with Crippen LogP contribution in [0.2, 0.25) is 0 Å². The van der Waals surface area contributed by atoms with Gasteiger partial charge < -0.3 is 15.5 Å². The van der Waals surface area contributed by atoms with E-state index in [1.165, 1.54) is 6.33 Å². The van der Waals surface area contributed by atoms with Crippen molar-refractivity contribution in [1.82, 2.24) is 15.3 Å². The first-order valence-corrected chi connectivity index (χ1v) is 6.15. The maximum absolute atomic E-state index is 11.6. The lowest BCUT2D eigenvalue weighted by molar-refractivity contribution is -0.119. The van der Waals surface area contributed by atoms with Crippen LogP contribution in [0, 0.1) is 6.92 Å². The minimum absolute atomic E-state index is 0.00312. The molecular weight excluding hydrogens is 230 g/mol. The number of likely N-dealkylation sites (N-methyl/N-ethyl adjacent to an activating group) is 2. The van der Waals surface area contributed by atoms with Crippen molar-refractivity contribution >= 4 is 17.5 Å². The van der Waals surface area contributed by atoms with Crippen molar-refractivity contribution in [1.29, 1.82) is 0 Å². The first-order chi connectivity index (χ1) is 8.63. The minimum atomic E-state index is 0.00312. The highest BCUT2D eigenvalue weighted by atomic mass is 16.2. The van der Waals surface area contributed by atoms with Gasteiger partial charge in [-0.15, -0.1) is 0 Å². The Morgan fingerprint density at radius 1 is 1.39 bits per heavy atom. The highest BCUT2D eigenvalue weighted by Crippen LogP contribution is 2.21. The maximum Gasteiger partial charge on any atom is 0.239 e. The fourth-order valence-corrected chi connectivity index (χ4v) is 1.77. The number of carbonyl (C=O) groups is 1. The summed E-state index contributed by atoms with van der Waals surface area (Å²) in [6.45, 7) is 7.52. The molecule has 0 bridgehead atoms. The van der Waals surface area contributed by atoms with Crippen molar-refractivity contribution < 1.29 is 4.79 Å². The van der Waals surface area contributed by atoms with Crippen LogP contribution < -0.4 is 15.5 Å². The van der Waals surface area contributed by atoms with Gasteiger partial charge in [-0.05, 0) is 20.8 Å². The van der Waals surface area contributed by atoms with Crippen molar-refractivity contribution in [2.75, 3.05) is 36.9 Å². The lowest BCUT2D eigenvalue weighted by Crippen LogP contribution is -2.38. The summed E-state index contributed by atoms with van der Waals surface area (Å²) in [4.78, 5) is 22.0. The Morgan fingerprint density at radius 3 is 2.67 bits per heavy atom. The Bertz CT molecular complexity index is 407. The summed E-state index contributed by atoms with van der Waals surface area (Å²) in [5, 5.41) is 5.80. The molecule has 0 saturated heterocycles. The molecule has 1 amide bonds. The van der Waals surface area contributed by atoms with Crippen LogP contribution in [-0.2, 0) is 4.79 Å². The number of aromatic nitrogens is 2. The van der Waals surface area contributed by atoms with E-state index in [2.05, 4.69) is 20.6 Å². The molecule has 0 aliphatic carbocycles. The van der Waals surface area contributed by atoms with Crippen LogP contribution in [0.5, 0.6) is 0 Å². The van der Waals surface area contributed by atoms with Crippen molar-refractivity contribution in [2.45, 2.75) is 20.8 Å². The van der Waals surface area contributed by atoms with E-state index in [0.717, 1.165) is 23.7 Å². The summed E-state index contributed by atoms with van der Waals surface area (Å²) in [5.74, 6) is 1.58. The Labute approximate surface area is 108 Å². The predicted molar refractivity (Wildman–Crippen MR) is 72.9 cm³/mol. The van der Waals surface area contributed by atoms with Gasteiger partial charge in [0.15, 0.2) is 0 Å². The maximum atomic E-state index is 11.6. The van der Waals surface area contributed by atoms with E-state index in [1.54, 1.807) is 0 Å². The van der Waals surface area contributed by atoms with Gasteiger partial charge in [-0.2, -0.15) is 0 Å². The third-order valence-electron chi connectivity index (χ3n) is 2.68. The molecule has 6 heteroatoms. The fourth-order valence-electron chi connectivity index (χ4n) is 1.77. The van der Waals surface area contributed by atoms with Crippen LogP contribution in [0.3, 0.4) is 0 Å². The second-order valence-corrected chi connectivity index (χ2v) is 3.89. The molecule has 0 aromatic carbocycles. The van der Waals surface area contributed by atoms with E-state index in [0.29, 0.717) is 13.1 Å². The largest absolute Gasteiger partial charge is 0.373 e. The van der Waals surface area contributed by atoms with Crippen molar-refractivity contribution in [3.05, 3.63) is 11.9 Å². The molecule has 1 heterocycles. The van der Waals surface area contributed by atoms with E-state index in [1.807, 2.05) is 32.7 Å². The second kappa shape index (κ2) is 6.78. The second-order valence-electron chi connectivity index (χ2n) is 3.89. The van der Waals surface area contributed by atoms with E-state index in [9.17, 15) is 4.79 Å². The van der Waals surface area contributed by atoms with E-state index in [4.69, 9.17) is 0 Å². The number of carbonyl (C=O) groups excluding carboxylic acids is 1. The monoisotopic (exact) mass is 251 g/mol. The third kappa shape index (κ3) is 3.32. The zero-order valence-electron chi connectivity index (χ0n) is 11.4. The van der Waals surface area contributed by atoms with Gasteiger partial charge in [0, 0.05) is 25.7 Å². The molecule has 0 fully saturated rings. The molecule has 2 N–H and O–H groups in total. The molecule has 0 saturated carbocycles. The molecule has 0 aliphatic heterocycles. The number of nitrogens with zero attached hydrogens (tertiary/aromatic N) is 3. The Kier molecular flexibility index (Phi) is 5.35. The molecule has 0 aliphatic rings. The van der Waals surface area contributed by atoms with Crippen LogP contribution in [0.25, 0.3) is 0 Å². The molecule has 1 aromatic heterocycles. The molecule has 6 nitrogen and oxygen atoms in total. The Hall–Kier alpha value is -1.85. The molecule has 0 spiro atoms. The quantitative estimate of drug-likeness (QED) is 0.782. The summed E-state index contributed by atoms with van der Waals surface area (Å²) >= 11 is 0. The first-order valence-electron chi connectivity index (χ1n) is 6.15. The van der Waals surface area contributed by atoms with Gasteiger partial charge in [0.25, 0.3) is 0 Å². The van der Waals surface area contributed by atoms with E-state index < -0.39 is 0 Å². The van der Waals surface area contributed by atoms with E-state index >= 15 is 0 Å². The minimum Gasteiger partial charge on any atom is -0.373 e. The molecular formula is C12H21N5O. The third-order valence-corrected chi connectivity index (χ3v) is 2.68. The topological polar surface area (TPSA) is 70.2 Å². The lowest BCUT2D eigenvalue weighted by atomic mass is 10.3. The van der Waals surface area contributed by atoms with Crippen LogP contribution in [-0.4, -0.2) is 42.6 Å². The zero-order chi connectivity index (χ0) is 13.5. The summed E-state index contributed by atoms with van der Waals surface area (Å²) < 4.78 is 0. The number of rotatable bonds is 6. The molecule has 0 unspecified atom stereocenters. The average Bonchev–Trinajstić information content (AvgIpc) is 2.37. The number of hydrogen-bond donors (Lipinski definition) is 2. The van der Waals surface area contributed by atoms with Gasteiger partial charge in [-0.3, -0.25) is 4.79 Å². The SMILES string of the molecule is CCNC(=O)CN(CC)c1ncnc(NC)c1C. The Balaban J connectivity index is 2.91. The van der Waals surface area contributed by atoms with Gasteiger partial charge >= 0.3 is 0 Å². The normalized spacial score (nSPS) is 10.0. The van der Waals surface area contributed by atoms with Gasteiger partial charge in [-0.25, -0.2) is 9.97 Å². The number of nitrogens with one attached hydrogen (secondary N) is 2. The van der Waals surface area contributed by atoms with Crippen LogP contribution in [0.1, 0.15) is 19.4 Å². The number of amides is 1. The number of hydrogen-bond acceptors (Lipinski definition) is 5. The first kappa shape index (κ1) is 14.2. The molecule has 0 radical (unpaired) electrons. The van der Waals surface area contributed by atoms with Crippen molar-refractivity contribution in [3.8, 4) is 0 Å². The molecule has 100 valence electrons. The smallest absolute Gasteiger partial charge is 0.239 e. The van der Waals surface area contributed by atoms with Gasteiger partial charge in [0.2, 0.25) is 5.91 Å². The average molecular weight is 251 g/mol. The van der Waals surface area contributed by atoms with E-state index in [-0.39, 0.29) is 5.91 Å². The van der Waals surface area contributed by atoms with Gasteiger partial charge in [0.05, 0.1) is 6.54 Å². The molecule has 1 rings (SSSR count). The molecule has 0 atom stereocenters. The summed E-state index contributed by atoms with van der Waals surface area (Å²) in [5.41, 5.74) is 0.950. The van der Waals surface area contributed by atoms with Gasteiger partial charge in [0.1, 0.15) is 18.0 Å². The molecule has 18 heavy (non-hydrogen) atoms. The highest BCUT2D eigenvalue weighted by molar-refractivity contribution is 5.81. The lowest BCUT2D eigenvalue weighted by Gasteiger charge is -2.23. The standard InChI is InChI=1S/C12H21N5O/c1-5-14-10(18)7-17(6-2)12-9(3)11(13-4)15-8-16-12/h8H,5-7H2,1-4H3,(H,14,18)(H,13,15,16). The predicted octanol–water partition coefficient (Wildman–Crippen LogP) is 0.789.